The van der Waals surface area contributed by atoms with E-state index >= 15 is 0 Å². The highest BCUT2D eigenvalue weighted by Gasteiger charge is 2.33. The molecule has 174 valence electrons. The average Bonchev–Trinajstić information content (AvgIpc) is 3.30. The number of rotatable bonds is 6. The highest BCUT2D eigenvalue weighted by Crippen LogP contribution is 2.32. The van der Waals surface area contributed by atoms with Gasteiger partial charge < -0.3 is 9.64 Å². The second kappa shape index (κ2) is 9.14. The minimum absolute atomic E-state index is 0.103. The van der Waals surface area contributed by atoms with Crippen LogP contribution in [0, 0.1) is 10.1 Å². The van der Waals surface area contributed by atoms with Gasteiger partial charge in [-0.1, -0.05) is 12.1 Å². The number of anilines is 1. The molecule has 0 saturated carbocycles. The lowest BCUT2D eigenvalue weighted by atomic mass is 10.0. The molecule has 0 amide bonds. The zero-order valence-corrected chi connectivity index (χ0v) is 19.4. The molecule has 0 bridgehead atoms. The maximum absolute atomic E-state index is 11.0. The summed E-state index contributed by atoms with van der Waals surface area (Å²) in [5, 5.41) is 23.7. The van der Waals surface area contributed by atoms with Crippen molar-refractivity contribution in [2.45, 2.75) is 32.4 Å². The molecule has 0 spiro atoms. The van der Waals surface area contributed by atoms with Crippen molar-refractivity contribution in [3.05, 3.63) is 70.0 Å². The quantitative estimate of drug-likeness (QED) is 0.416. The number of ether oxygens (including phenoxy) is 1. The van der Waals surface area contributed by atoms with Crippen LogP contribution in [0.15, 0.2) is 48.5 Å². The molecule has 1 aliphatic rings. The summed E-state index contributed by atoms with van der Waals surface area (Å²) in [5.41, 5.74) is 1.93. The fourth-order valence-electron chi connectivity index (χ4n) is 4.18. The van der Waals surface area contributed by atoms with Crippen LogP contribution in [-0.4, -0.2) is 63.3 Å². The minimum Gasteiger partial charge on any atom is -0.497 e. The number of nitro groups is 1. The van der Waals surface area contributed by atoms with Gasteiger partial charge >= 0.3 is 0 Å². The summed E-state index contributed by atoms with van der Waals surface area (Å²) in [6.07, 6.45) is 0. The number of nitro benzene ring substituents is 1. The number of hydrogen-bond donors (Lipinski definition) is 0. The molecule has 0 N–H and O–H groups in total. The van der Waals surface area contributed by atoms with Gasteiger partial charge in [-0.05, 0) is 61.0 Å². The Kier molecular flexibility index (Phi) is 6.28. The second-order valence-electron chi connectivity index (χ2n) is 9.09. The normalized spacial score (nSPS) is 15.9. The first-order valence-corrected chi connectivity index (χ1v) is 10.9. The van der Waals surface area contributed by atoms with Crippen LogP contribution in [0.25, 0.3) is 0 Å². The smallest absolute Gasteiger partial charge is 0.269 e. The van der Waals surface area contributed by atoms with Gasteiger partial charge in [-0.25, -0.2) is 4.68 Å². The Labute approximate surface area is 192 Å². The van der Waals surface area contributed by atoms with E-state index in [4.69, 9.17) is 4.74 Å². The van der Waals surface area contributed by atoms with Gasteiger partial charge in [-0.2, -0.15) is 0 Å². The molecule has 4 rings (SSSR count). The summed E-state index contributed by atoms with van der Waals surface area (Å²) in [6.45, 7) is 9.44. The van der Waals surface area contributed by atoms with Crippen molar-refractivity contribution in [1.29, 1.82) is 0 Å². The maximum atomic E-state index is 11.0. The molecule has 3 aromatic rings. The van der Waals surface area contributed by atoms with Crippen LogP contribution in [0.2, 0.25) is 0 Å². The number of tetrazole rings is 1. The van der Waals surface area contributed by atoms with Crippen LogP contribution in [0.3, 0.4) is 0 Å². The fourth-order valence-corrected chi connectivity index (χ4v) is 4.18. The first kappa shape index (κ1) is 22.7. The Hall–Kier alpha value is -3.53. The SMILES string of the molecule is COc1ccc(C(c2nnnn2C(C)(C)C)N2CCN(c3ccc([N+](=O)[O-])cc3)CC2)cc1. The highest BCUT2D eigenvalue weighted by molar-refractivity contribution is 5.51. The Morgan fingerprint density at radius 3 is 2.18 bits per heavy atom. The molecule has 1 unspecified atom stereocenters. The lowest BCUT2D eigenvalue weighted by Crippen LogP contribution is -2.48. The molecule has 1 atom stereocenters. The third kappa shape index (κ3) is 4.80. The van der Waals surface area contributed by atoms with Gasteiger partial charge in [0.1, 0.15) is 5.75 Å². The van der Waals surface area contributed by atoms with Crippen LogP contribution in [0.4, 0.5) is 11.4 Å². The van der Waals surface area contributed by atoms with E-state index in [1.807, 2.05) is 28.9 Å². The van der Waals surface area contributed by atoms with Crippen LogP contribution in [0.1, 0.15) is 38.2 Å². The number of aromatic nitrogens is 4. The first-order valence-electron chi connectivity index (χ1n) is 10.9. The number of nitrogens with zero attached hydrogens (tertiary/aromatic N) is 7. The van der Waals surface area contributed by atoms with Crippen LogP contribution < -0.4 is 9.64 Å². The Balaban J connectivity index is 1.59. The first-order chi connectivity index (χ1) is 15.8. The number of hydrogen-bond acceptors (Lipinski definition) is 8. The van der Waals surface area contributed by atoms with Crippen molar-refractivity contribution in [1.82, 2.24) is 25.1 Å². The third-order valence-corrected chi connectivity index (χ3v) is 5.91. The molecule has 33 heavy (non-hydrogen) atoms. The predicted octanol–water partition coefficient (Wildman–Crippen LogP) is 3.26. The Morgan fingerprint density at radius 1 is 1.00 bits per heavy atom. The van der Waals surface area contributed by atoms with Gasteiger partial charge in [-0.3, -0.25) is 15.0 Å². The molecule has 2 aromatic carbocycles. The lowest BCUT2D eigenvalue weighted by Gasteiger charge is -2.40. The maximum Gasteiger partial charge on any atom is 0.269 e. The van der Waals surface area contributed by atoms with Crippen molar-refractivity contribution in [3.8, 4) is 5.75 Å². The molecule has 1 saturated heterocycles. The zero-order valence-electron chi connectivity index (χ0n) is 19.4. The highest BCUT2D eigenvalue weighted by atomic mass is 16.6. The zero-order chi connectivity index (χ0) is 23.6. The van der Waals surface area contributed by atoms with Crippen molar-refractivity contribution in [2.24, 2.45) is 0 Å². The van der Waals surface area contributed by atoms with E-state index in [9.17, 15) is 10.1 Å². The van der Waals surface area contributed by atoms with E-state index in [1.165, 1.54) is 0 Å². The van der Waals surface area contributed by atoms with Crippen LogP contribution >= 0.6 is 0 Å². The van der Waals surface area contributed by atoms with E-state index in [1.54, 1.807) is 19.2 Å². The Morgan fingerprint density at radius 2 is 1.64 bits per heavy atom. The van der Waals surface area contributed by atoms with Crippen molar-refractivity contribution < 1.29 is 9.66 Å². The van der Waals surface area contributed by atoms with Gasteiger partial charge in [0, 0.05) is 44.0 Å². The van der Waals surface area contributed by atoms with Crippen molar-refractivity contribution in [3.63, 3.8) is 0 Å². The molecular formula is C23H29N7O3. The molecule has 0 radical (unpaired) electrons. The number of non-ortho nitro benzene ring substituents is 1. The monoisotopic (exact) mass is 451 g/mol. The summed E-state index contributed by atoms with van der Waals surface area (Å²) >= 11 is 0. The summed E-state index contributed by atoms with van der Waals surface area (Å²) in [7, 11) is 1.66. The van der Waals surface area contributed by atoms with E-state index in [0.29, 0.717) is 0 Å². The number of piperazine rings is 1. The topological polar surface area (TPSA) is 102 Å². The molecule has 2 heterocycles. The summed E-state index contributed by atoms with van der Waals surface area (Å²) < 4.78 is 7.23. The molecule has 1 fully saturated rings. The third-order valence-electron chi connectivity index (χ3n) is 5.91. The molecular weight excluding hydrogens is 422 g/mol. The fraction of sp³-hybridized carbons (Fsp3) is 0.435. The van der Waals surface area contributed by atoms with E-state index in [-0.39, 0.29) is 22.2 Å². The molecule has 1 aliphatic heterocycles. The molecule has 0 aliphatic carbocycles. The average molecular weight is 452 g/mol. The number of methoxy groups -OCH3 is 1. The lowest BCUT2D eigenvalue weighted by molar-refractivity contribution is -0.384. The van der Waals surface area contributed by atoms with Gasteiger partial charge in [0.2, 0.25) is 0 Å². The van der Waals surface area contributed by atoms with Gasteiger partial charge in [-0.15, -0.1) is 5.10 Å². The largest absolute Gasteiger partial charge is 0.497 e. The predicted molar refractivity (Wildman–Crippen MR) is 125 cm³/mol. The summed E-state index contributed by atoms with van der Waals surface area (Å²) in [4.78, 5) is 15.2. The standard InChI is InChI=1S/C23H29N7O3/c1-23(2,3)29-22(24-25-26-29)21(17-5-11-20(33-4)12-6-17)28-15-13-27(14-16-28)18-7-9-19(10-8-18)30(31)32/h5-12,21H,13-16H2,1-4H3. The van der Waals surface area contributed by atoms with Gasteiger partial charge in [0.15, 0.2) is 5.82 Å². The van der Waals surface area contributed by atoms with Crippen molar-refractivity contribution >= 4 is 11.4 Å². The second-order valence-corrected chi connectivity index (χ2v) is 9.09. The molecule has 10 nitrogen and oxygen atoms in total. The molecule has 1 aromatic heterocycles. The van der Waals surface area contributed by atoms with Gasteiger partial charge in [0.25, 0.3) is 5.69 Å². The summed E-state index contributed by atoms with van der Waals surface area (Å²) in [5.74, 6) is 1.60. The minimum atomic E-state index is -0.374. The molecule has 10 heteroatoms. The van der Waals surface area contributed by atoms with Crippen molar-refractivity contribution in [2.75, 3.05) is 38.2 Å². The number of benzene rings is 2. The van der Waals surface area contributed by atoms with E-state index in [0.717, 1.165) is 49.0 Å². The van der Waals surface area contributed by atoms with Crippen LogP contribution in [-0.2, 0) is 5.54 Å². The van der Waals surface area contributed by atoms with Crippen LogP contribution in [0.5, 0.6) is 5.75 Å². The van der Waals surface area contributed by atoms with Gasteiger partial charge in [0.05, 0.1) is 23.6 Å². The van der Waals surface area contributed by atoms with E-state index in [2.05, 4.69) is 58.2 Å². The summed E-state index contributed by atoms with van der Waals surface area (Å²) in [6, 6.07) is 14.7. The Bertz CT molecular complexity index is 1080. The van der Waals surface area contributed by atoms with E-state index < -0.39 is 0 Å².